The molecule has 1 aliphatic heterocycles. The van der Waals surface area contributed by atoms with Gasteiger partial charge in [0, 0.05) is 19.2 Å². The molecule has 1 atom stereocenters. The van der Waals surface area contributed by atoms with E-state index in [0.717, 1.165) is 12.1 Å². The van der Waals surface area contributed by atoms with Crippen molar-refractivity contribution in [1.29, 1.82) is 0 Å². The summed E-state index contributed by atoms with van der Waals surface area (Å²) >= 11 is 0. The van der Waals surface area contributed by atoms with Gasteiger partial charge in [0.15, 0.2) is 0 Å². The van der Waals surface area contributed by atoms with Gasteiger partial charge in [-0.15, -0.1) is 0 Å². The Balaban J connectivity index is 1.99. The van der Waals surface area contributed by atoms with E-state index >= 15 is 0 Å². The molecule has 6 heteroatoms. The van der Waals surface area contributed by atoms with Crippen molar-refractivity contribution >= 4 is 11.6 Å². The molecule has 2 rings (SSSR count). The minimum Gasteiger partial charge on any atom is -0.379 e. The van der Waals surface area contributed by atoms with Crippen LogP contribution in [0.25, 0.3) is 0 Å². The summed E-state index contributed by atoms with van der Waals surface area (Å²) in [5.74, 6) is -1.76. The first kappa shape index (κ1) is 13.9. The smallest absolute Gasteiger partial charge is 0.241 e. The summed E-state index contributed by atoms with van der Waals surface area (Å²) < 4.78 is 31.4. The van der Waals surface area contributed by atoms with Crippen molar-refractivity contribution in [2.75, 3.05) is 31.6 Å². The highest BCUT2D eigenvalue weighted by molar-refractivity contribution is 5.94. The van der Waals surface area contributed by atoms with Gasteiger partial charge in [-0.2, -0.15) is 0 Å². The van der Waals surface area contributed by atoms with E-state index < -0.39 is 11.6 Å². The average molecular weight is 270 g/mol. The van der Waals surface area contributed by atoms with Crippen LogP contribution < -0.4 is 5.32 Å². The third kappa shape index (κ3) is 3.48. The van der Waals surface area contributed by atoms with Gasteiger partial charge in [-0.1, -0.05) is 0 Å². The highest BCUT2D eigenvalue weighted by Crippen LogP contribution is 2.16. The van der Waals surface area contributed by atoms with Gasteiger partial charge < -0.3 is 10.1 Å². The first-order chi connectivity index (χ1) is 9.08. The third-order valence-electron chi connectivity index (χ3n) is 3.16. The van der Waals surface area contributed by atoms with E-state index in [4.69, 9.17) is 4.74 Å². The van der Waals surface area contributed by atoms with Crippen molar-refractivity contribution in [2.24, 2.45) is 0 Å². The summed E-state index contributed by atoms with van der Waals surface area (Å²) in [6, 6.07) is 2.69. The third-order valence-corrected chi connectivity index (χ3v) is 3.16. The fourth-order valence-electron chi connectivity index (χ4n) is 1.96. The Morgan fingerprint density at radius 2 is 2.05 bits per heavy atom. The lowest BCUT2D eigenvalue weighted by Crippen LogP contribution is -2.47. The molecule has 0 spiro atoms. The van der Waals surface area contributed by atoms with Crippen LogP contribution in [0, 0.1) is 11.6 Å². The van der Waals surface area contributed by atoms with E-state index in [0.29, 0.717) is 26.3 Å². The number of halogens is 2. The van der Waals surface area contributed by atoms with Gasteiger partial charge in [0.05, 0.1) is 24.9 Å². The zero-order valence-electron chi connectivity index (χ0n) is 10.7. The van der Waals surface area contributed by atoms with Crippen LogP contribution in [-0.4, -0.2) is 43.2 Å². The lowest BCUT2D eigenvalue weighted by atomic mass is 10.2. The topological polar surface area (TPSA) is 41.6 Å². The molecule has 1 aromatic carbocycles. The first-order valence-electron chi connectivity index (χ1n) is 6.15. The van der Waals surface area contributed by atoms with E-state index in [2.05, 4.69) is 5.32 Å². The number of rotatable bonds is 3. The van der Waals surface area contributed by atoms with Crippen LogP contribution in [0.15, 0.2) is 18.2 Å². The van der Waals surface area contributed by atoms with Crippen molar-refractivity contribution in [2.45, 2.75) is 13.0 Å². The second-order valence-electron chi connectivity index (χ2n) is 4.44. The minimum atomic E-state index is -0.775. The van der Waals surface area contributed by atoms with Gasteiger partial charge in [-0.05, 0) is 19.1 Å². The zero-order valence-corrected chi connectivity index (χ0v) is 10.7. The molecule has 1 fully saturated rings. The van der Waals surface area contributed by atoms with Crippen LogP contribution in [-0.2, 0) is 9.53 Å². The second kappa shape index (κ2) is 6.08. The lowest BCUT2D eigenvalue weighted by molar-refractivity contribution is -0.122. The van der Waals surface area contributed by atoms with Gasteiger partial charge >= 0.3 is 0 Å². The molecule has 0 saturated carbocycles. The molecule has 1 aliphatic rings. The van der Waals surface area contributed by atoms with E-state index in [1.807, 2.05) is 4.90 Å². The van der Waals surface area contributed by atoms with Crippen LogP contribution in [0.2, 0.25) is 0 Å². The van der Waals surface area contributed by atoms with Crippen molar-refractivity contribution < 1.29 is 18.3 Å². The molecule has 1 saturated heterocycles. The lowest BCUT2D eigenvalue weighted by Gasteiger charge is -2.31. The maximum absolute atomic E-state index is 13.4. The van der Waals surface area contributed by atoms with E-state index in [1.165, 1.54) is 6.07 Å². The predicted octanol–water partition coefficient (Wildman–Crippen LogP) is 1.62. The Morgan fingerprint density at radius 1 is 1.37 bits per heavy atom. The molecule has 0 bridgehead atoms. The van der Waals surface area contributed by atoms with Gasteiger partial charge in [0.1, 0.15) is 11.6 Å². The normalized spacial score (nSPS) is 18.1. The van der Waals surface area contributed by atoms with Gasteiger partial charge in [-0.3, -0.25) is 9.69 Å². The molecule has 1 heterocycles. The summed E-state index contributed by atoms with van der Waals surface area (Å²) in [7, 11) is 0. The Hall–Kier alpha value is -1.53. The Morgan fingerprint density at radius 3 is 2.68 bits per heavy atom. The SMILES string of the molecule is C[C@H](C(=O)Nc1ccc(F)cc1F)N1CCOCC1. The number of anilines is 1. The fraction of sp³-hybridized carbons (Fsp3) is 0.462. The molecule has 1 aromatic rings. The van der Waals surface area contributed by atoms with Crippen molar-refractivity contribution in [3.8, 4) is 0 Å². The van der Waals surface area contributed by atoms with Crippen LogP contribution >= 0.6 is 0 Å². The zero-order chi connectivity index (χ0) is 13.8. The number of nitrogens with zero attached hydrogens (tertiary/aromatic N) is 1. The maximum Gasteiger partial charge on any atom is 0.241 e. The largest absolute Gasteiger partial charge is 0.379 e. The number of hydrogen-bond donors (Lipinski definition) is 1. The summed E-state index contributed by atoms with van der Waals surface area (Å²) in [6.45, 7) is 4.26. The summed E-state index contributed by atoms with van der Waals surface area (Å²) in [5, 5.41) is 2.47. The molecule has 19 heavy (non-hydrogen) atoms. The first-order valence-corrected chi connectivity index (χ1v) is 6.15. The number of ether oxygens (including phenoxy) is 1. The molecular weight excluding hydrogens is 254 g/mol. The molecule has 1 N–H and O–H groups in total. The number of nitrogens with one attached hydrogen (secondary N) is 1. The van der Waals surface area contributed by atoms with Crippen LogP contribution in [0.3, 0.4) is 0 Å². The number of hydrogen-bond acceptors (Lipinski definition) is 3. The minimum absolute atomic E-state index is 0.00786. The summed E-state index contributed by atoms with van der Waals surface area (Å²) in [4.78, 5) is 14.0. The van der Waals surface area contributed by atoms with Crippen molar-refractivity contribution in [3.63, 3.8) is 0 Å². The van der Waals surface area contributed by atoms with Crippen molar-refractivity contribution in [3.05, 3.63) is 29.8 Å². The molecule has 1 amide bonds. The monoisotopic (exact) mass is 270 g/mol. The van der Waals surface area contributed by atoms with E-state index in [-0.39, 0.29) is 17.6 Å². The van der Waals surface area contributed by atoms with E-state index in [9.17, 15) is 13.6 Å². The number of benzene rings is 1. The predicted molar refractivity (Wildman–Crippen MR) is 66.8 cm³/mol. The Labute approximate surface area is 110 Å². The Kier molecular flexibility index (Phi) is 4.44. The highest BCUT2D eigenvalue weighted by Gasteiger charge is 2.23. The molecular formula is C13H16F2N2O2. The van der Waals surface area contributed by atoms with Crippen LogP contribution in [0.4, 0.5) is 14.5 Å². The average Bonchev–Trinajstić information content (AvgIpc) is 2.42. The number of amides is 1. The molecule has 0 radical (unpaired) electrons. The fourth-order valence-corrected chi connectivity index (χ4v) is 1.96. The number of morpholine rings is 1. The summed E-state index contributed by atoms with van der Waals surface area (Å²) in [6.07, 6.45) is 0. The van der Waals surface area contributed by atoms with Crippen molar-refractivity contribution in [1.82, 2.24) is 4.90 Å². The molecule has 0 aliphatic carbocycles. The number of carbonyl (C=O) groups is 1. The molecule has 0 unspecified atom stereocenters. The van der Waals surface area contributed by atoms with Crippen LogP contribution in [0.1, 0.15) is 6.92 Å². The second-order valence-corrected chi connectivity index (χ2v) is 4.44. The Bertz CT molecular complexity index is 462. The van der Waals surface area contributed by atoms with Gasteiger partial charge in [0.25, 0.3) is 0 Å². The van der Waals surface area contributed by atoms with E-state index in [1.54, 1.807) is 6.92 Å². The standard InChI is InChI=1S/C13H16F2N2O2/c1-9(17-4-6-19-7-5-17)13(18)16-12-3-2-10(14)8-11(12)15/h2-3,8-9H,4-7H2,1H3,(H,16,18)/t9-/m1/s1. The van der Waals surface area contributed by atoms with Gasteiger partial charge in [-0.25, -0.2) is 8.78 Å². The molecule has 4 nitrogen and oxygen atoms in total. The molecule has 104 valence electrons. The molecule has 0 aromatic heterocycles. The maximum atomic E-state index is 13.4. The quantitative estimate of drug-likeness (QED) is 0.907. The van der Waals surface area contributed by atoms with Crippen LogP contribution in [0.5, 0.6) is 0 Å². The van der Waals surface area contributed by atoms with Gasteiger partial charge in [0.2, 0.25) is 5.91 Å². The summed E-state index contributed by atoms with van der Waals surface area (Å²) in [5.41, 5.74) is -0.00786. The number of carbonyl (C=O) groups excluding carboxylic acids is 1. The highest BCUT2D eigenvalue weighted by atomic mass is 19.1.